The van der Waals surface area contributed by atoms with Crippen molar-refractivity contribution >= 4 is 5.69 Å². The molecule has 2 rings (SSSR count). The molecule has 2 heteroatoms. The largest absolute Gasteiger partial charge is 0.285 e. The first-order valence-electron chi connectivity index (χ1n) is 3.07. The monoisotopic (exact) mass is 119 g/mol. The summed E-state index contributed by atoms with van der Waals surface area (Å²) in [5, 5.41) is 4.26. The Morgan fingerprint density at radius 1 is 1.44 bits per heavy atom. The van der Waals surface area contributed by atoms with Crippen LogP contribution in [0.5, 0.6) is 0 Å². The number of hydrogen-bond donors (Lipinski definition) is 0. The van der Waals surface area contributed by atoms with Crippen LogP contribution in [-0.2, 0) is 6.42 Å². The zero-order valence-electron chi connectivity index (χ0n) is 5.04. The Kier molecular flexibility index (Phi) is 0.918. The number of rotatable bonds is 0. The summed E-state index contributed by atoms with van der Waals surface area (Å²) in [5.41, 5.74) is 2.42. The highest BCUT2D eigenvalue weighted by Crippen LogP contribution is 2.19. The van der Waals surface area contributed by atoms with Gasteiger partial charge in [-0.3, -0.25) is 10.3 Å². The van der Waals surface area contributed by atoms with Gasteiger partial charge in [-0.15, -0.1) is 0 Å². The number of pyridine rings is 1. The molecule has 1 aromatic heterocycles. The van der Waals surface area contributed by atoms with Gasteiger partial charge in [-0.2, -0.15) is 0 Å². The highest BCUT2D eigenvalue weighted by molar-refractivity contribution is 5.45. The van der Waals surface area contributed by atoms with E-state index in [0.717, 1.165) is 18.7 Å². The van der Waals surface area contributed by atoms with Crippen LogP contribution in [0.15, 0.2) is 18.5 Å². The molecule has 2 nitrogen and oxygen atoms in total. The average Bonchev–Trinajstić information content (AvgIpc) is 2.33. The van der Waals surface area contributed by atoms with Crippen molar-refractivity contribution in [2.45, 2.75) is 6.42 Å². The molecule has 0 aromatic carbocycles. The molecule has 0 fully saturated rings. The molecule has 1 radical (unpaired) electrons. The van der Waals surface area contributed by atoms with Crippen LogP contribution in [0.2, 0.25) is 0 Å². The molecule has 0 spiro atoms. The zero-order chi connectivity index (χ0) is 6.10. The second kappa shape index (κ2) is 1.72. The van der Waals surface area contributed by atoms with E-state index in [4.69, 9.17) is 0 Å². The molecule has 1 aliphatic heterocycles. The Bertz CT molecular complexity index is 197. The quantitative estimate of drug-likeness (QED) is 0.498. The third-order valence-corrected chi connectivity index (χ3v) is 1.54. The summed E-state index contributed by atoms with van der Waals surface area (Å²) in [7, 11) is 0. The van der Waals surface area contributed by atoms with Crippen molar-refractivity contribution < 1.29 is 0 Å². The first-order chi connectivity index (χ1) is 4.47. The fourth-order valence-corrected chi connectivity index (χ4v) is 1.06. The lowest BCUT2D eigenvalue weighted by molar-refractivity contribution is 0.909. The fraction of sp³-hybridized carbons (Fsp3) is 0.286. The maximum Gasteiger partial charge on any atom is 0.0637 e. The summed E-state index contributed by atoms with van der Waals surface area (Å²) in [6, 6.07) is 1.96. The molecule has 0 unspecified atom stereocenters. The normalized spacial score (nSPS) is 14.7. The van der Waals surface area contributed by atoms with Gasteiger partial charge in [0.15, 0.2) is 0 Å². The van der Waals surface area contributed by atoms with E-state index >= 15 is 0 Å². The van der Waals surface area contributed by atoms with Crippen molar-refractivity contribution in [3.63, 3.8) is 0 Å². The Morgan fingerprint density at radius 3 is 3.33 bits per heavy atom. The maximum atomic E-state index is 4.26. The summed E-state index contributed by atoms with van der Waals surface area (Å²) in [4.78, 5) is 4.00. The molecule has 0 saturated heterocycles. The van der Waals surface area contributed by atoms with Crippen molar-refractivity contribution in [3.8, 4) is 0 Å². The predicted molar refractivity (Wildman–Crippen MR) is 34.6 cm³/mol. The molecule has 0 bridgehead atoms. The molecule has 45 valence electrons. The van der Waals surface area contributed by atoms with Crippen LogP contribution in [-0.4, -0.2) is 11.5 Å². The van der Waals surface area contributed by atoms with E-state index in [1.54, 1.807) is 6.20 Å². The van der Waals surface area contributed by atoms with Gasteiger partial charge in [0, 0.05) is 18.9 Å². The minimum Gasteiger partial charge on any atom is -0.285 e. The highest BCUT2D eigenvalue weighted by atomic mass is 14.9. The fourth-order valence-electron chi connectivity index (χ4n) is 1.06. The second-order valence-electron chi connectivity index (χ2n) is 2.14. The van der Waals surface area contributed by atoms with Crippen molar-refractivity contribution in [3.05, 3.63) is 24.0 Å². The molecule has 0 amide bonds. The first-order valence-corrected chi connectivity index (χ1v) is 3.07. The molecular formula is C7H7N2. The SMILES string of the molecule is c1cc2c(cn1)CC[N]2. The van der Waals surface area contributed by atoms with E-state index < -0.39 is 0 Å². The standard InChI is InChI=1S/C7H7N2/c1-4-9-7-2-3-8-5-6(1)7/h2-3,5H,1,4H2. The number of nitrogens with zero attached hydrogens (tertiary/aromatic N) is 2. The van der Waals surface area contributed by atoms with E-state index in [-0.39, 0.29) is 0 Å². The van der Waals surface area contributed by atoms with Crippen molar-refractivity contribution in [1.82, 2.24) is 10.3 Å². The van der Waals surface area contributed by atoms with Crippen molar-refractivity contribution in [2.75, 3.05) is 6.54 Å². The lowest BCUT2D eigenvalue weighted by atomic mass is 10.2. The Labute approximate surface area is 53.9 Å². The number of fused-ring (bicyclic) bond motifs is 1. The molecule has 2 heterocycles. The molecule has 0 aliphatic carbocycles. The van der Waals surface area contributed by atoms with E-state index in [9.17, 15) is 0 Å². The smallest absolute Gasteiger partial charge is 0.0637 e. The molecular weight excluding hydrogens is 112 g/mol. The maximum absolute atomic E-state index is 4.26. The molecule has 9 heavy (non-hydrogen) atoms. The molecule has 1 aromatic rings. The Balaban J connectivity index is 2.54. The Hall–Kier alpha value is -1.05. The summed E-state index contributed by atoms with van der Waals surface area (Å²) in [5.74, 6) is 0. The van der Waals surface area contributed by atoms with Crippen LogP contribution in [0.4, 0.5) is 5.69 Å². The average molecular weight is 119 g/mol. The van der Waals surface area contributed by atoms with Gasteiger partial charge >= 0.3 is 0 Å². The lowest BCUT2D eigenvalue weighted by Crippen LogP contribution is -1.88. The first kappa shape index (κ1) is 4.79. The van der Waals surface area contributed by atoms with E-state index in [1.165, 1.54) is 5.56 Å². The lowest BCUT2D eigenvalue weighted by Gasteiger charge is -1.91. The third-order valence-electron chi connectivity index (χ3n) is 1.54. The topological polar surface area (TPSA) is 27.0 Å². The number of hydrogen-bond acceptors (Lipinski definition) is 1. The summed E-state index contributed by atoms with van der Waals surface area (Å²) < 4.78 is 0. The van der Waals surface area contributed by atoms with Crippen LogP contribution >= 0.6 is 0 Å². The van der Waals surface area contributed by atoms with Gasteiger partial charge in [0.25, 0.3) is 0 Å². The zero-order valence-corrected chi connectivity index (χ0v) is 5.04. The van der Waals surface area contributed by atoms with Gasteiger partial charge in [0.1, 0.15) is 0 Å². The summed E-state index contributed by atoms with van der Waals surface area (Å²) in [6.07, 6.45) is 4.75. The van der Waals surface area contributed by atoms with E-state index in [1.807, 2.05) is 12.3 Å². The van der Waals surface area contributed by atoms with Gasteiger partial charge in [0.2, 0.25) is 0 Å². The molecule has 0 N–H and O–H groups in total. The van der Waals surface area contributed by atoms with Gasteiger partial charge < -0.3 is 0 Å². The van der Waals surface area contributed by atoms with Crippen LogP contribution in [0.25, 0.3) is 0 Å². The van der Waals surface area contributed by atoms with Gasteiger partial charge in [-0.05, 0) is 18.1 Å². The molecule has 0 atom stereocenters. The number of aromatic nitrogens is 1. The van der Waals surface area contributed by atoms with Gasteiger partial charge in [0.05, 0.1) is 5.69 Å². The highest BCUT2D eigenvalue weighted by Gasteiger charge is 2.08. The van der Waals surface area contributed by atoms with Crippen LogP contribution in [0.1, 0.15) is 5.56 Å². The minimum atomic E-state index is 0.945. The molecule has 1 aliphatic rings. The van der Waals surface area contributed by atoms with Gasteiger partial charge in [-0.1, -0.05) is 0 Å². The van der Waals surface area contributed by atoms with Crippen molar-refractivity contribution in [1.29, 1.82) is 0 Å². The molecule has 0 saturated carbocycles. The van der Waals surface area contributed by atoms with E-state index in [0.29, 0.717) is 0 Å². The van der Waals surface area contributed by atoms with Crippen LogP contribution in [0.3, 0.4) is 0 Å². The second-order valence-corrected chi connectivity index (χ2v) is 2.14. The van der Waals surface area contributed by atoms with Crippen LogP contribution in [0, 0.1) is 0 Å². The van der Waals surface area contributed by atoms with E-state index in [2.05, 4.69) is 10.3 Å². The summed E-state index contributed by atoms with van der Waals surface area (Å²) in [6.45, 7) is 0.945. The summed E-state index contributed by atoms with van der Waals surface area (Å²) >= 11 is 0. The predicted octanol–water partition coefficient (Wildman–Crippen LogP) is 0.874. The van der Waals surface area contributed by atoms with Crippen molar-refractivity contribution in [2.24, 2.45) is 0 Å². The van der Waals surface area contributed by atoms with Crippen LogP contribution < -0.4 is 5.32 Å². The van der Waals surface area contributed by atoms with Gasteiger partial charge in [-0.25, -0.2) is 0 Å². The Morgan fingerprint density at radius 2 is 2.44 bits per heavy atom. The third kappa shape index (κ3) is 0.669. The minimum absolute atomic E-state index is 0.945.